The van der Waals surface area contributed by atoms with Gasteiger partial charge in [0.25, 0.3) is 5.69 Å². The minimum Gasteiger partial charge on any atom is -0.481 e. The minimum absolute atomic E-state index is 0.00472. The van der Waals surface area contributed by atoms with Gasteiger partial charge in [0, 0.05) is 36.9 Å². The third kappa shape index (κ3) is 2.66. The van der Waals surface area contributed by atoms with Gasteiger partial charge in [-0.15, -0.1) is 0 Å². The van der Waals surface area contributed by atoms with Gasteiger partial charge >= 0.3 is 5.97 Å². The molecule has 0 bridgehead atoms. The largest absolute Gasteiger partial charge is 0.481 e. The molecule has 2 rings (SSSR count). The van der Waals surface area contributed by atoms with Gasteiger partial charge in [0.05, 0.1) is 11.3 Å². The van der Waals surface area contributed by atoms with Gasteiger partial charge in [0.2, 0.25) is 0 Å². The SMILES string of the molecule is CN(CCC(=O)O)c1ccc([N+](=O)[O-])c2ncccc12. The van der Waals surface area contributed by atoms with E-state index in [1.807, 2.05) is 0 Å². The van der Waals surface area contributed by atoms with Crippen molar-refractivity contribution in [3.8, 4) is 0 Å². The van der Waals surface area contributed by atoms with E-state index in [1.165, 1.54) is 12.3 Å². The number of fused-ring (bicyclic) bond motifs is 1. The van der Waals surface area contributed by atoms with Crippen LogP contribution in [0.4, 0.5) is 11.4 Å². The highest BCUT2D eigenvalue weighted by Crippen LogP contribution is 2.31. The van der Waals surface area contributed by atoms with Crippen molar-refractivity contribution in [2.24, 2.45) is 0 Å². The van der Waals surface area contributed by atoms with Crippen molar-refractivity contribution in [2.75, 3.05) is 18.5 Å². The molecule has 0 fully saturated rings. The maximum absolute atomic E-state index is 11.0. The second kappa shape index (κ2) is 5.52. The van der Waals surface area contributed by atoms with Gasteiger partial charge < -0.3 is 10.0 Å². The van der Waals surface area contributed by atoms with Crippen LogP contribution in [0.3, 0.4) is 0 Å². The van der Waals surface area contributed by atoms with Crippen molar-refractivity contribution < 1.29 is 14.8 Å². The number of carbonyl (C=O) groups is 1. The summed E-state index contributed by atoms with van der Waals surface area (Å²) in [6, 6.07) is 6.44. The number of nitrogens with zero attached hydrogens (tertiary/aromatic N) is 3. The molecule has 0 radical (unpaired) electrons. The highest BCUT2D eigenvalue weighted by molar-refractivity contribution is 5.97. The first-order valence-corrected chi connectivity index (χ1v) is 5.95. The van der Waals surface area contributed by atoms with Crippen LogP contribution in [0.2, 0.25) is 0 Å². The van der Waals surface area contributed by atoms with E-state index in [1.54, 1.807) is 30.1 Å². The molecule has 0 saturated carbocycles. The van der Waals surface area contributed by atoms with E-state index in [9.17, 15) is 14.9 Å². The summed E-state index contributed by atoms with van der Waals surface area (Å²) in [6.07, 6.45) is 1.49. The van der Waals surface area contributed by atoms with Gasteiger partial charge in [0.1, 0.15) is 5.52 Å². The number of pyridine rings is 1. The topological polar surface area (TPSA) is 96.6 Å². The molecule has 7 heteroatoms. The van der Waals surface area contributed by atoms with Crippen molar-refractivity contribution in [1.82, 2.24) is 4.98 Å². The lowest BCUT2D eigenvalue weighted by molar-refractivity contribution is -0.383. The van der Waals surface area contributed by atoms with Crippen LogP contribution in [-0.2, 0) is 4.79 Å². The number of non-ortho nitro benzene ring substituents is 1. The Hall–Kier alpha value is -2.70. The van der Waals surface area contributed by atoms with E-state index in [-0.39, 0.29) is 12.1 Å². The Morgan fingerprint density at radius 2 is 2.20 bits per heavy atom. The lowest BCUT2D eigenvalue weighted by Crippen LogP contribution is -2.21. The zero-order valence-electron chi connectivity index (χ0n) is 10.8. The summed E-state index contributed by atoms with van der Waals surface area (Å²) < 4.78 is 0. The highest BCUT2D eigenvalue weighted by Gasteiger charge is 2.17. The number of nitro groups is 1. The number of carboxylic acids is 1. The molecule has 0 aliphatic rings. The van der Waals surface area contributed by atoms with Gasteiger partial charge in [-0.3, -0.25) is 14.9 Å². The number of anilines is 1. The van der Waals surface area contributed by atoms with Crippen LogP contribution in [0, 0.1) is 10.1 Å². The molecule has 0 aliphatic heterocycles. The molecule has 0 spiro atoms. The lowest BCUT2D eigenvalue weighted by Gasteiger charge is -2.20. The Morgan fingerprint density at radius 1 is 1.45 bits per heavy atom. The second-order valence-corrected chi connectivity index (χ2v) is 4.33. The molecule has 104 valence electrons. The van der Waals surface area contributed by atoms with Crippen LogP contribution in [0.25, 0.3) is 10.9 Å². The van der Waals surface area contributed by atoms with Gasteiger partial charge in [-0.2, -0.15) is 0 Å². The van der Waals surface area contributed by atoms with E-state index in [0.717, 1.165) is 5.69 Å². The standard InChI is InChI=1S/C13H13N3O4/c1-15(8-6-12(17)18)10-4-5-11(16(19)20)13-9(10)3-2-7-14-13/h2-5,7H,6,8H2,1H3,(H,17,18). The number of nitro benzene ring substituents is 1. The molecule has 1 aromatic carbocycles. The summed E-state index contributed by atoms with van der Waals surface area (Å²) >= 11 is 0. The maximum Gasteiger partial charge on any atom is 0.305 e. The van der Waals surface area contributed by atoms with Crippen LogP contribution < -0.4 is 4.90 Å². The predicted molar refractivity (Wildman–Crippen MR) is 73.9 cm³/mol. The summed E-state index contributed by atoms with van der Waals surface area (Å²) in [5.74, 6) is -0.888. The number of aliphatic carboxylic acids is 1. The summed E-state index contributed by atoms with van der Waals surface area (Å²) in [5, 5.41) is 20.3. The summed E-state index contributed by atoms with van der Waals surface area (Å²) in [7, 11) is 1.75. The molecule has 7 nitrogen and oxygen atoms in total. The Balaban J connectivity index is 2.47. The molecule has 2 aromatic rings. The number of aromatic nitrogens is 1. The molecular formula is C13H13N3O4. The predicted octanol–water partition coefficient (Wildman–Crippen LogP) is 2.05. The number of benzene rings is 1. The van der Waals surface area contributed by atoms with E-state index in [0.29, 0.717) is 17.4 Å². The number of hydrogen-bond donors (Lipinski definition) is 1. The minimum atomic E-state index is -0.888. The Kier molecular flexibility index (Phi) is 3.79. The third-order valence-corrected chi connectivity index (χ3v) is 2.99. The molecule has 0 amide bonds. The van der Waals surface area contributed by atoms with Crippen LogP contribution in [0.1, 0.15) is 6.42 Å². The van der Waals surface area contributed by atoms with Crippen molar-refractivity contribution in [2.45, 2.75) is 6.42 Å². The summed E-state index contributed by atoms with van der Waals surface area (Å²) in [6.45, 7) is 0.317. The molecule has 0 saturated heterocycles. The molecule has 20 heavy (non-hydrogen) atoms. The number of rotatable bonds is 5. The van der Waals surface area contributed by atoms with Crippen molar-refractivity contribution in [3.63, 3.8) is 0 Å². The molecule has 1 aromatic heterocycles. The third-order valence-electron chi connectivity index (χ3n) is 2.99. The van der Waals surface area contributed by atoms with Crippen molar-refractivity contribution in [1.29, 1.82) is 0 Å². The van der Waals surface area contributed by atoms with Gasteiger partial charge in [-0.05, 0) is 18.2 Å². The first-order valence-electron chi connectivity index (χ1n) is 5.95. The maximum atomic E-state index is 11.0. The van der Waals surface area contributed by atoms with Crippen LogP contribution >= 0.6 is 0 Å². The van der Waals surface area contributed by atoms with Crippen molar-refractivity contribution >= 4 is 28.2 Å². The molecule has 1 N–H and O–H groups in total. The second-order valence-electron chi connectivity index (χ2n) is 4.33. The monoisotopic (exact) mass is 275 g/mol. The van der Waals surface area contributed by atoms with E-state index < -0.39 is 10.9 Å². The average Bonchev–Trinajstić information content (AvgIpc) is 2.43. The highest BCUT2D eigenvalue weighted by atomic mass is 16.6. The Morgan fingerprint density at radius 3 is 2.85 bits per heavy atom. The van der Waals surface area contributed by atoms with E-state index in [4.69, 9.17) is 5.11 Å². The summed E-state index contributed by atoms with van der Waals surface area (Å²) in [5.41, 5.74) is 0.966. The zero-order valence-corrected chi connectivity index (χ0v) is 10.8. The Labute approximate surface area is 114 Å². The van der Waals surface area contributed by atoms with Gasteiger partial charge in [0.15, 0.2) is 0 Å². The van der Waals surface area contributed by atoms with Crippen LogP contribution in [0.5, 0.6) is 0 Å². The smallest absolute Gasteiger partial charge is 0.305 e. The molecule has 1 heterocycles. The zero-order chi connectivity index (χ0) is 14.7. The normalized spacial score (nSPS) is 10.4. The number of carboxylic acid groups (broad SMARTS) is 1. The molecule has 0 unspecified atom stereocenters. The van der Waals surface area contributed by atoms with Crippen LogP contribution in [-0.4, -0.2) is 34.6 Å². The number of hydrogen-bond acceptors (Lipinski definition) is 5. The quantitative estimate of drug-likeness (QED) is 0.662. The van der Waals surface area contributed by atoms with Gasteiger partial charge in [-0.25, -0.2) is 4.98 Å². The molecule has 0 atom stereocenters. The molecule has 0 aliphatic carbocycles. The average molecular weight is 275 g/mol. The van der Waals surface area contributed by atoms with E-state index in [2.05, 4.69) is 4.98 Å². The fourth-order valence-electron chi connectivity index (χ4n) is 2.01. The fraction of sp³-hybridized carbons (Fsp3) is 0.231. The summed E-state index contributed by atoms with van der Waals surface area (Å²) in [4.78, 5) is 26.9. The fourth-order valence-corrected chi connectivity index (χ4v) is 2.01. The van der Waals surface area contributed by atoms with E-state index >= 15 is 0 Å². The first kappa shape index (κ1) is 13.7. The lowest BCUT2D eigenvalue weighted by atomic mass is 10.1. The van der Waals surface area contributed by atoms with Crippen LogP contribution in [0.15, 0.2) is 30.5 Å². The van der Waals surface area contributed by atoms with Crippen molar-refractivity contribution in [3.05, 3.63) is 40.6 Å². The Bertz CT molecular complexity index is 672. The van der Waals surface area contributed by atoms with Gasteiger partial charge in [-0.1, -0.05) is 0 Å². The first-order chi connectivity index (χ1) is 9.50. The molecular weight excluding hydrogens is 262 g/mol.